The van der Waals surface area contributed by atoms with Gasteiger partial charge in [-0.2, -0.15) is 0 Å². The minimum atomic E-state index is -1.17. The average Bonchev–Trinajstić information content (AvgIpc) is 2.92. The number of hydrogen-bond acceptors (Lipinski definition) is 8. The fourth-order valence-corrected chi connectivity index (χ4v) is 2.43. The number of carbonyl (C=O) groups is 4. The van der Waals surface area contributed by atoms with Crippen molar-refractivity contribution in [2.24, 2.45) is 0 Å². The molecule has 0 fully saturated rings. The van der Waals surface area contributed by atoms with Crippen molar-refractivity contribution in [2.45, 2.75) is 20.8 Å². The summed E-state index contributed by atoms with van der Waals surface area (Å²) in [4.78, 5) is 50.0. The molecule has 0 radical (unpaired) electrons. The Morgan fingerprint density at radius 3 is 2.19 bits per heavy atom. The number of esters is 1. The van der Waals surface area contributed by atoms with Crippen molar-refractivity contribution in [3.8, 4) is 0 Å². The van der Waals surface area contributed by atoms with Gasteiger partial charge in [0.2, 0.25) is 5.76 Å². The van der Waals surface area contributed by atoms with Gasteiger partial charge in [-0.1, -0.05) is 18.2 Å². The van der Waals surface area contributed by atoms with Crippen molar-refractivity contribution >= 4 is 35.4 Å². The molecular formula is C18H19NO8. The Bertz CT molecular complexity index is 798. The molecule has 1 aromatic carbocycles. The third-order valence-corrected chi connectivity index (χ3v) is 3.42. The lowest BCUT2D eigenvalue weighted by molar-refractivity contribution is -0.142. The lowest BCUT2D eigenvalue weighted by atomic mass is 10.1. The topological polar surface area (TPSA) is 108 Å². The summed E-state index contributed by atoms with van der Waals surface area (Å²) in [5.41, 5.74) is 0.137. The molecule has 1 aliphatic rings. The highest BCUT2D eigenvalue weighted by atomic mass is 16.7. The number of nitrogens with zero attached hydrogens (tertiary/aromatic N) is 1. The standard InChI is InChI=1S/C18H19NO8/c1-4-24-16(21)14(27-18(23)26-6-3)13-11-9-7-8-10-12(11)19(15(13)20)17(22)25-5-2/h7-10H,4-6H2,1-3H3. The molecule has 1 aliphatic heterocycles. The van der Waals surface area contributed by atoms with Crippen LogP contribution in [-0.4, -0.2) is 43.9 Å². The molecule has 27 heavy (non-hydrogen) atoms. The van der Waals surface area contributed by atoms with Crippen LogP contribution in [0.1, 0.15) is 26.3 Å². The monoisotopic (exact) mass is 377 g/mol. The molecule has 0 bridgehead atoms. The van der Waals surface area contributed by atoms with E-state index in [1.54, 1.807) is 32.9 Å². The highest BCUT2D eigenvalue weighted by Gasteiger charge is 2.42. The van der Waals surface area contributed by atoms with Gasteiger partial charge in [0.25, 0.3) is 5.91 Å². The fourth-order valence-electron chi connectivity index (χ4n) is 2.43. The van der Waals surface area contributed by atoms with Crippen LogP contribution in [0.5, 0.6) is 0 Å². The van der Waals surface area contributed by atoms with Crippen LogP contribution in [0.15, 0.2) is 30.0 Å². The summed E-state index contributed by atoms with van der Waals surface area (Å²) in [5.74, 6) is -2.56. The van der Waals surface area contributed by atoms with Gasteiger partial charge in [-0.25, -0.2) is 19.3 Å². The number of anilines is 1. The first-order valence-corrected chi connectivity index (χ1v) is 8.32. The van der Waals surface area contributed by atoms with E-state index in [0.29, 0.717) is 0 Å². The molecule has 2 amide bonds. The van der Waals surface area contributed by atoms with Crippen molar-refractivity contribution in [1.82, 2.24) is 0 Å². The van der Waals surface area contributed by atoms with E-state index < -0.39 is 29.9 Å². The molecule has 9 nitrogen and oxygen atoms in total. The lowest BCUT2D eigenvalue weighted by Crippen LogP contribution is -2.34. The molecule has 144 valence electrons. The maximum atomic E-state index is 12.9. The van der Waals surface area contributed by atoms with Crippen LogP contribution in [0.3, 0.4) is 0 Å². The summed E-state index contributed by atoms with van der Waals surface area (Å²) in [5, 5.41) is 0. The molecule has 1 aromatic rings. The average molecular weight is 377 g/mol. The van der Waals surface area contributed by atoms with Gasteiger partial charge < -0.3 is 18.9 Å². The summed E-state index contributed by atoms with van der Waals surface area (Å²) in [6, 6.07) is 6.23. The number of amides is 2. The number of imide groups is 1. The Balaban J connectivity index is 2.61. The third-order valence-electron chi connectivity index (χ3n) is 3.42. The number of hydrogen-bond donors (Lipinski definition) is 0. The zero-order valence-electron chi connectivity index (χ0n) is 15.1. The van der Waals surface area contributed by atoms with Crippen LogP contribution < -0.4 is 4.90 Å². The Hall–Kier alpha value is -3.36. The molecule has 0 unspecified atom stereocenters. The van der Waals surface area contributed by atoms with E-state index >= 15 is 0 Å². The molecule has 0 saturated heterocycles. The van der Waals surface area contributed by atoms with Crippen molar-refractivity contribution in [2.75, 3.05) is 24.7 Å². The van der Waals surface area contributed by atoms with Gasteiger partial charge in [0.1, 0.15) is 5.57 Å². The summed E-state index contributed by atoms with van der Waals surface area (Å²) in [7, 11) is 0. The van der Waals surface area contributed by atoms with Gasteiger partial charge in [-0.05, 0) is 26.8 Å². The molecule has 0 N–H and O–H groups in total. The second kappa shape index (κ2) is 8.84. The highest BCUT2D eigenvalue weighted by Crippen LogP contribution is 2.39. The predicted octanol–water partition coefficient (Wildman–Crippen LogP) is 2.64. The molecule has 1 heterocycles. The van der Waals surface area contributed by atoms with Crippen molar-refractivity contribution in [1.29, 1.82) is 0 Å². The fraction of sp³-hybridized carbons (Fsp3) is 0.333. The Morgan fingerprint density at radius 2 is 1.56 bits per heavy atom. The zero-order chi connectivity index (χ0) is 20.0. The number of para-hydroxylation sites is 1. The maximum absolute atomic E-state index is 12.9. The first-order valence-electron chi connectivity index (χ1n) is 8.32. The third kappa shape index (κ3) is 4.08. The van der Waals surface area contributed by atoms with E-state index in [-0.39, 0.29) is 36.6 Å². The second-order valence-electron chi connectivity index (χ2n) is 5.07. The lowest BCUT2D eigenvalue weighted by Gasteiger charge is -2.14. The first kappa shape index (κ1) is 20.0. The van der Waals surface area contributed by atoms with Gasteiger partial charge in [0.05, 0.1) is 25.5 Å². The summed E-state index contributed by atoms with van der Waals surface area (Å²) in [6.45, 7) is 4.74. The van der Waals surface area contributed by atoms with Gasteiger partial charge >= 0.3 is 18.2 Å². The Morgan fingerprint density at radius 1 is 0.926 bits per heavy atom. The summed E-state index contributed by atoms with van der Waals surface area (Å²) >= 11 is 0. The second-order valence-corrected chi connectivity index (χ2v) is 5.07. The van der Waals surface area contributed by atoms with Crippen LogP contribution in [0.2, 0.25) is 0 Å². The molecule has 2 rings (SSSR count). The van der Waals surface area contributed by atoms with Gasteiger partial charge in [0, 0.05) is 5.56 Å². The molecule has 9 heteroatoms. The number of ether oxygens (including phenoxy) is 4. The first-order chi connectivity index (χ1) is 13.0. The van der Waals surface area contributed by atoms with Gasteiger partial charge in [0.15, 0.2) is 0 Å². The Kier molecular flexibility index (Phi) is 6.53. The summed E-state index contributed by atoms with van der Waals surface area (Å²) < 4.78 is 19.4. The number of fused-ring (bicyclic) bond motifs is 1. The van der Waals surface area contributed by atoms with Crippen LogP contribution in [-0.2, 0) is 28.5 Å². The Labute approximate surface area is 155 Å². The normalized spacial score (nSPS) is 14.3. The molecule has 0 aromatic heterocycles. The largest absolute Gasteiger partial charge is 0.514 e. The van der Waals surface area contributed by atoms with Gasteiger partial charge in [-0.3, -0.25) is 4.79 Å². The molecule has 0 aliphatic carbocycles. The van der Waals surface area contributed by atoms with E-state index in [2.05, 4.69) is 4.74 Å². The van der Waals surface area contributed by atoms with Crippen molar-refractivity contribution in [3.63, 3.8) is 0 Å². The molecule has 0 saturated carbocycles. The van der Waals surface area contributed by atoms with Crippen LogP contribution in [0, 0.1) is 0 Å². The SMILES string of the molecule is CCOC(=O)OC(C(=O)OCC)=C1C(=O)N(C(=O)OCC)c2ccccc21. The number of benzene rings is 1. The van der Waals surface area contributed by atoms with Crippen LogP contribution in [0.4, 0.5) is 15.3 Å². The predicted molar refractivity (Wildman–Crippen MR) is 92.6 cm³/mol. The number of carbonyl (C=O) groups excluding carboxylic acids is 4. The minimum Gasteiger partial charge on any atom is -0.460 e. The highest BCUT2D eigenvalue weighted by molar-refractivity contribution is 6.41. The van der Waals surface area contributed by atoms with Crippen molar-refractivity contribution < 1.29 is 38.1 Å². The minimum absolute atomic E-state index is 0.00373. The van der Waals surface area contributed by atoms with E-state index in [0.717, 1.165) is 4.90 Å². The number of rotatable bonds is 5. The van der Waals surface area contributed by atoms with Crippen LogP contribution in [0.25, 0.3) is 5.57 Å². The van der Waals surface area contributed by atoms with Crippen molar-refractivity contribution in [3.05, 3.63) is 35.6 Å². The maximum Gasteiger partial charge on any atom is 0.514 e. The molecule has 0 atom stereocenters. The van der Waals surface area contributed by atoms with Gasteiger partial charge in [-0.15, -0.1) is 0 Å². The van der Waals surface area contributed by atoms with E-state index in [9.17, 15) is 19.2 Å². The smallest absolute Gasteiger partial charge is 0.460 e. The molecular weight excluding hydrogens is 358 g/mol. The zero-order valence-corrected chi connectivity index (χ0v) is 15.1. The quantitative estimate of drug-likeness (QED) is 0.333. The van der Waals surface area contributed by atoms with Crippen LogP contribution >= 0.6 is 0 Å². The summed E-state index contributed by atoms with van der Waals surface area (Å²) in [6.07, 6.45) is -2.09. The van der Waals surface area contributed by atoms with E-state index in [4.69, 9.17) is 14.2 Å². The van der Waals surface area contributed by atoms with E-state index in [1.807, 2.05) is 0 Å². The molecule has 0 spiro atoms. The van der Waals surface area contributed by atoms with E-state index in [1.165, 1.54) is 12.1 Å².